The van der Waals surface area contributed by atoms with Gasteiger partial charge in [-0.25, -0.2) is 4.98 Å². The van der Waals surface area contributed by atoms with E-state index in [2.05, 4.69) is 102 Å². The number of rotatable bonds is 4. The third-order valence-electron chi connectivity index (χ3n) is 6.97. The molecule has 38 heavy (non-hydrogen) atoms. The van der Waals surface area contributed by atoms with Crippen molar-refractivity contribution < 1.29 is 0 Å². The van der Waals surface area contributed by atoms with Crippen LogP contribution in [0.25, 0.3) is 66.6 Å². The molecule has 178 valence electrons. The maximum absolute atomic E-state index is 5.09. The lowest BCUT2D eigenvalue weighted by molar-refractivity contribution is 1.25. The van der Waals surface area contributed by atoms with Crippen molar-refractivity contribution in [1.29, 1.82) is 0 Å². The predicted octanol–water partition coefficient (Wildman–Crippen LogP) is 8.85. The van der Waals surface area contributed by atoms with E-state index in [-0.39, 0.29) is 0 Å². The molecule has 0 aliphatic heterocycles. The summed E-state index contributed by atoms with van der Waals surface area (Å²) in [6, 6.07) is 44.1. The molecule has 0 aliphatic rings. The van der Waals surface area contributed by atoms with Crippen LogP contribution < -0.4 is 0 Å². The Labute approximate surface area is 221 Å². The van der Waals surface area contributed by atoms with Gasteiger partial charge in [0.15, 0.2) is 0 Å². The second kappa shape index (κ2) is 9.38. The number of benzene rings is 4. The van der Waals surface area contributed by atoms with Crippen LogP contribution >= 0.6 is 0 Å². The first-order valence-electron chi connectivity index (χ1n) is 12.7. The molecule has 3 aromatic heterocycles. The molecule has 0 radical (unpaired) electrons. The fourth-order valence-electron chi connectivity index (χ4n) is 5.16. The molecule has 0 atom stereocenters. The topological polar surface area (TPSA) is 38.7 Å². The molecular weight excluding hydrogens is 462 g/mol. The average Bonchev–Trinajstić information content (AvgIpc) is 3.01. The van der Waals surface area contributed by atoms with Gasteiger partial charge in [-0.15, -0.1) is 0 Å². The van der Waals surface area contributed by atoms with Gasteiger partial charge in [-0.05, 0) is 47.0 Å². The van der Waals surface area contributed by atoms with Gasteiger partial charge >= 0.3 is 0 Å². The minimum absolute atomic E-state index is 0.868. The Morgan fingerprint density at radius 2 is 1.18 bits per heavy atom. The highest BCUT2D eigenvalue weighted by Gasteiger charge is 2.14. The smallest absolute Gasteiger partial charge is 0.0886 e. The number of hydrogen-bond donors (Lipinski definition) is 0. The minimum atomic E-state index is 0.868. The summed E-state index contributed by atoms with van der Waals surface area (Å²) in [5.74, 6) is 0. The van der Waals surface area contributed by atoms with Crippen LogP contribution in [0.5, 0.6) is 0 Å². The summed E-state index contributed by atoms with van der Waals surface area (Å²) < 4.78 is 0. The molecule has 0 bridgehead atoms. The zero-order chi connectivity index (χ0) is 25.3. The Balaban J connectivity index is 1.39. The van der Waals surface area contributed by atoms with E-state index in [9.17, 15) is 0 Å². The maximum atomic E-state index is 5.09. The van der Waals surface area contributed by atoms with Gasteiger partial charge in [0.25, 0.3) is 0 Å². The van der Waals surface area contributed by atoms with Crippen LogP contribution in [-0.2, 0) is 0 Å². The lowest BCUT2D eigenvalue weighted by atomic mass is 9.92. The first-order valence-corrected chi connectivity index (χ1v) is 12.7. The lowest BCUT2D eigenvalue weighted by Gasteiger charge is -2.15. The molecule has 0 N–H and O–H groups in total. The summed E-state index contributed by atoms with van der Waals surface area (Å²) in [6.45, 7) is 0. The van der Waals surface area contributed by atoms with Crippen molar-refractivity contribution in [3.8, 4) is 44.9 Å². The normalized spacial score (nSPS) is 11.2. The number of fused-ring (bicyclic) bond motifs is 3. The number of hydrogen-bond acceptors (Lipinski definition) is 3. The molecule has 0 amide bonds. The Morgan fingerprint density at radius 3 is 2.03 bits per heavy atom. The Hall–Kier alpha value is -5.15. The van der Waals surface area contributed by atoms with Gasteiger partial charge in [-0.1, -0.05) is 97.1 Å². The quantitative estimate of drug-likeness (QED) is 0.234. The zero-order valence-electron chi connectivity index (χ0n) is 20.6. The van der Waals surface area contributed by atoms with Crippen molar-refractivity contribution in [2.45, 2.75) is 0 Å². The summed E-state index contributed by atoms with van der Waals surface area (Å²) in [5.41, 5.74) is 9.42. The second-order valence-electron chi connectivity index (χ2n) is 9.30. The fraction of sp³-hybridized carbons (Fsp3) is 0. The molecule has 3 heterocycles. The Morgan fingerprint density at radius 1 is 0.447 bits per heavy atom. The van der Waals surface area contributed by atoms with Gasteiger partial charge < -0.3 is 0 Å². The van der Waals surface area contributed by atoms with Crippen LogP contribution in [0.1, 0.15) is 0 Å². The molecule has 3 nitrogen and oxygen atoms in total. The number of pyridine rings is 3. The molecular formula is C35H23N3. The van der Waals surface area contributed by atoms with Crippen molar-refractivity contribution in [3.63, 3.8) is 0 Å². The Kier molecular flexibility index (Phi) is 5.45. The zero-order valence-corrected chi connectivity index (χ0v) is 20.6. The number of aromatic nitrogens is 3. The third kappa shape index (κ3) is 3.91. The standard InChI is InChI=1S/C35H23N3/c1-2-10-24(11-3-1)35-30-16-9-15-28(34(30)29-14-4-5-17-31(29)38-35)26-13-8-12-25(22-26)27-19-20-33(37-23-27)32-18-6-7-21-36-32/h1-23H. The van der Waals surface area contributed by atoms with E-state index in [1.807, 2.05) is 36.5 Å². The van der Waals surface area contributed by atoms with Gasteiger partial charge in [0.1, 0.15) is 0 Å². The molecule has 4 aromatic carbocycles. The van der Waals surface area contributed by atoms with Gasteiger partial charge in [0.05, 0.1) is 22.6 Å². The summed E-state index contributed by atoms with van der Waals surface area (Å²) in [4.78, 5) is 14.2. The van der Waals surface area contributed by atoms with Crippen LogP contribution in [0.2, 0.25) is 0 Å². The molecule has 0 unspecified atom stereocenters. The van der Waals surface area contributed by atoms with Gasteiger partial charge in [0, 0.05) is 39.7 Å². The van der Waals surface area contributed by atoms with Crippen molar-refractivity contribution in [2.24, 2.45) is 0 Å². The largest absolute Gasteiger partial charge is 0.255 e. The van der Waals surface area contributed by atoms with E-state index < -0.39 is 0 Å². The SMILES string of the molecule is c1ccc(-c2nc3ccccc3c3c(-c4cccc(-c5ccc(-c6ccccn6)nc5)c4)cccc23)cc1. The van der Waals surface area contributed by atoms with E-state index in [1.165, 1.54) is 10.9 Å². The van der Waals surface area contributed by atoms with Crippen LogP contribution in [0, 0.1) is 0 Å². The Bertz CT molecular complexity index is 1890. The summed E-state index contributed by atoms with van der Waals surface area (Å²) >= 11 is 0. The molecule has 3 heteroatoms. The van der Waals surface area contributed by atoms with E-state index in [4.69, 9.17) is 9.97 Å². The van der Waals surface area contributed by atoms with Gasteiger partial charge in [-0.2, -0.15) is 0 Å². The van der Waals surface area contributed by atoms with Crippen molar-refractivity contribution in [3.05, 3.63) is 140 Å². The molecule has 0 fully saturated rings. The monoisotopic (exact) mass is 485 g/mol. The first-order chi connectivity index (χ1) is 18.8. The molecule has 0 aliphatic carbocycles. The highest BCUT2D eigenvalue weighted by Crippen LogP contribution is 2.39. The van der Waals surface area contributed by atoms with Crippen LogP contribution in [0.3, 0.4) is 0 Å². The first kappa shape index (κ1) is 22.1. The second-order valence-corrected chi connectivity index (χ2v) is 9.30. The maximum Gasteiger partial charge on any atom is 0.0886 e. The van der Waals surface area contributed by atoms with Crippen LogP contribution in [0.4, 0.5) is 0 Å². The van der Waals surface area contributed by atoms with E-state index in [0.717, 1.165) is 55.6 Å². The van der Waals surface area contributed by atoms with Crippen molar-refractivity contribution >= 4 is 21.7 Å². The highest BCUT2D eigenvalue weighted by molar-refractivity contribution is 6.17. The average molecular weight is 486 g/mol. The molecule has 7 rings (SSSR count). The molecule has 0 saturated heterocycles. The summed E-state index contributed by atoms with van der Waals surface area (Å²) in [5, 5.41) is 3.53. The molecule has 0 saturated carbocycles. The third-order valence-corrected chi connectivity index (χ3v) is 6.97. The lowest BCUT2D eigenvalue weighted by Crippen LogP contribution is -1.92. The fourth-order valence-corrected chi connectivity index (χ4v) is 5.16. The van der Waals surface area contributed by atoms with E-state index in [1.54, 1.807) is 6.20 Å². The van der Waals surface area contributed by atoms with E-state index in [0.29, 0.717) is 0 Å². The highest BCUT2D eigenvalue weighted by atomic mass is 14.8. The van der Waals surface area contributed by atoms with Crippen LogP contribution in [0.15, 0.2) is 140 Å². The minimum Gasteiger partial charge on any atom is -0.255 e. The van der Waals surface area contributed by atoms with Crippen molar-refractivity contribution in [2.75, 3.05) is 0 Å². The van der Waals surface area contributed by atoms with Crippen LogP contribution in [-0.4, -0.2) is 15.0 Å². The molecule has 0 spiro atoms. The van der Waals surface area contributed by atoms with Gasteiger partial charge in [-0.3, -0.25) is 9.97 Å². The predicted molar refractivity (Wildman–Crippen MR) is 157 cm³/mol. The van der Waals surface area contributed by atoms with Crippen molar-refractivity contribution in [1.82, 2.24) is 15.0 Å². The number of para-hydroxylation sites is 1. The molecule has 7 aromatic rings. The van der Waals surface area contributed by atoms with E-state index >= 15 is 0 Å². The summed E-state index contributed by atoms with van der Waals surface area (Å²) in [6.07, 6.45) is 3.72. The van der Waals surface area contributed by atoms with Gasteiger partial charge in [0.2, 0.25) is 0 Å². The number of nitrogens with zero attached hydrogens (tertiary/aromatic N) is 3. The summed E-state index contributed by atoms with van der Waals surface area (Å²) in [7, 11) is 0.